The van der Waals surface area contributed by atoms with Crippen molar-refractivity contribution in [2.75, 3.05) is 0 Å². The van der Waals surface area contributed by atoms with Gasteiger partial charge in [0.15, 0.2) is 0 Å². The minimum atomic E-state index is 1.17. The molecule has 0 N–H and O–H groups in total. The molecule has 0 atom stereocenters. The average Bonchev–Trinajstić information content (AvgIpc) is 3.09. The molecule has 0 aliphatic rings. The van der Waals surface area contributed by atoms with Gasteiger partial charge in [0, 0.05) is 17.8 Å². The number of hydrogen-bond donors (Lipinski definition) is 0. The van der Waals surface area contributed by atoms with Gasteiger partial charge in [0.1, 0.15) is 0 Å². The summed E-state index contributed by atoms with van der Waals surface area (Å²) < 4.78 is 0. The number of aromatic nitrogens is 1. The molecule has 9 rings (SSSR count). The van der Waals surface area contributed by atoms with E-state index in [1.807, 2.05) is 12.4 Å². The minimum Gasteiger partial charge on any atom is -0.264 e. The van der Waals surface area contributed by atoms with Gasteiger partial charge in [0.2, 0.25) is 0 Å². The van der Waals surface area contributed by atoms with Crippen LogP contribution in [0.4, 0.5) is 0 Å². The van der Waals surface area contributed by atoms with Crippen molar-refractivity contribution in [3.05, 3.63) is 164 Å². The van der Waals surface area contributed by atoms with E-state index in [4.69, 9.17) is 0 Å². The Kier molecular flexibility index (Phi) is 5.57. The van der Waals surface area contributed by atoms with E-state index in [-0.39, 0.29) is 0 Å². The Morgan fingerprint density at radius 1 is 0.318 bits per heavy atom. The van der Waals surface area contributed by atoms with E-state index in [2.05, 4.69) is 157 Å². The van der Waals surface area contributed by atoms with Crippen LogP contribution < -0.4 is 0 Å². The van der Waals surface area contributed by atoms with Gasteiger partial charge in [-0.2, -0.15) is 0 Å². The van der Waals surface area contributed by atoms with Crippen LogP contribution in [0.1, 0.15) is 0 Å². The second-order valence-electron chi connectivity index (χ2n) is 11.6. The summed E-state index contributed by atoms with van der Waals surface area (Å²) in [6, 6.07) is 55.3. The van der Waals surface area contributed by atoms with E-state index < -0.39 is 0 Å². The summed E-state index contributed by atoms with van der Waals surface area (Å²) in [7, 11) is 0. The molecule has 44 heavy (non-hydrogen) atoms. The maximum Gasteiger partial charge on any atom is 0.0353 e. The standard InChI is InChI=1S/C43H27N/c1-2-10-30-24-31(17-16-28(30)8-1)32-18-19-34-26-35(21-20-33(34)25-32)42-38-13-5-6-14-39(38)43(40-22-23-44-27-41(40)42)37-15-7-11-29-9-3-4-12-36(29)37/h1-27H. The zero-order valence-electron chi connectivity index (χ0n) is 24.0. The van der Waals surface area contributed by atoms with Crippen LogP contribution in [0.3, 0.4) is 0 Å². The Hall–Kier alpha value is -5.79. The number of fused-ring (bicyclic) bond motifs is 5. The average molecular weight is 558 g/mol. The molecular weight excluding hydrogens is 530 g/mol. The summed E-state index contributed by atoms with van der Waals surface area (Å²) in [4.78, 5) is 4.63. The summed E-state index contributed by atoms with van der Waals surface area (Å²) in [6.07, 6.45) is 3.96. The largest absolute Gasteiger partial charge is 0.264 e. The molecular formula is C43H27N. The van der Waals surface area contributed by atoms with Crippen molar-refractivity contribution in [3.8, 4) is 33.4 Å². The number of rotatable bonds is 3. The monoisotopic (exact) mass is 557 g/mol. The summed E-state index contributed by atoms with van der Waals surface area (Å²) in [5.74, 6) is 0. The maximum absolute atomic E-state index is 4.63. The quantitative estimate of drug-likeness (QED) is 0.197. The van der Waals surface area contributed by atoms with Crippen LogP contribution in [0.5, 0.6) is 0 Å². The molecule has 0 saturated carbocycles. The van der Waals surface area contributed by atoms with Crippen LogP contribution in [0.25, 0.3) is 87.2 Å². The fourth-order valence-corrected chi connectivity index (χ4v) is 7.02. The molecule has 204 valence electrons. The van der Waals surface area contributed by atoms with Crippen molar-refractivity contribution < 1.29 is 0 Å². The van der Waals surface area contributed by atoms with Crippen molar-refractivity contribution >= 4 is 53.9 Å². The highest BCUT2D eigenvalue weighted by atomic mass is 14.6. The molecule has 0 bridgehead atoms. The van der Waals surface area contributed by atoms with Gasteiger partial charge in [0.05, 0.1) is 0 Å². The predicted molar refractivity (Wildman–Crippen MR) is 188 cm³/mol. The van der Waals surface area contributed by atoms with Crippen molar-refractivity contribution in [2.24, 2.45) is 0 Å². The third kappa shape index (κ3) is 3.91. The molecule has 0 spiro atoms. The van der Waals surface area contributed by atoms with Crippen LogP contribution >= 0.6 is 0 Å². The first-order valence-electron chi connectivity index (χ1n) is 15.1. The van der Waals surface area contributed by atoms with Gasteiger partial charge in [-0.25, -0.2) is 0 Å². The molecule has 0 saturated heterocycles. The first-order valence-corrected chi connectivity index (χ1v) is 15.1. The third-order valence-electron chi connectivity index (χ3n) is 9.10. The number of hydrogen-bond acceptors (Lipinski definition) is 1. The lowest BCUT2D eigenvalue weighted by molar-refractivity contribution is 1.37. The van der Waals surface area contributed by atoms with Gasteiger partial charge in [0.25, 0.3) is 0 Å². The van der Waals surface area contributed by atoms with E-state index in [1.54, 1.807) is 0 Å². The SMILES string of the molecule is c1ccc2cc(-c3ccc4cc(-c5c6ccccc6c(-c6cccc7ccccc67)c6ccncc56)ccc4c3)ccc2c1. The molecule has 0 fully saturated rings. The maximum atomic E-state index is 4.63. The highest BCUT2D eigenvalue weighted by Crippen LogP contribution is 2.45. The first kappa shape index (κ1) is 24.8. The first-order chi connectivity index (χ1) is 21.8. The summed E-state index contributed by atoms with van der Waals surface area (Å²) in [5.41, 5.74) is 7.42. The van der Waals surface area contributed by atoms with Crippen LogP contribution in [-0.4, -0.2) is 4.98 Å². The zero-order valence-corrected chi connectivity index (χ0v) is 24.0. The Morgan fingerprint density at radius 3 is 1.61 bits per heavy atom. The Balaban J connectivity index is 1.25. The summed E-state index contributed by atoms with van der Waals surface area (Å²) in [6.45, 7) is 0. The second-order valence-corrected chi connectivity index (χ2v) is 11.6. The molecule has 0 radical (unpaired) electrons. The van der Waals surface area contributed by atoms with Gasteiger partial charge in [-0.3, -0.25) is 4.98 Å². The Labute approximate surface area is 255 Å². The van der Waals surface area contributed by atoms with Gasteiger partial charge in [-0.1, -0.05) is 127 Å². The smallest absolute Gasteiger partial charge is 0.0353 e. The van der Waals surface area contributed by atoms with Gasteiger partial charge in [-0.15, -0.1) is 0 Å². The highest BCUT2D eigenvalue weighted by Gasteiger charge is 2.18. The van der Waals surface area contributed by atoms with Crippen LogP contribution in [0.15, 0.2) is 164 Å². The van der Waals surface area contributed by atoms with Crippen molar-refractivity contribution in [3.63, 3.8) is 0 Å². The van der Waals surface area contributed by atoms with E-state index in [0.29, 0.717) is 0 Å². The van der Waals surface area contributed by atoms with Gasteiger partial charge < -0.3 is 0 Å². The van der Waals surface area contributed by atoms with Crippen LogP contribution in [0, 0.1) is 0 Å². The van der Waals surface area contributed by atoms with Crippen molar-refractivity contribution in [1.82, 2.24) is 4.98 Å². The van der Waals surface area contributed by atoms with Crippen molar-refractivity contribution in [2.45, 2.75) is 0 Å². The third-order valence-corrected chi connectivity index (χ3v) is 9.10. The minimum absolute atomic E-state index is 1.17. The molecule has 8 aromatic carbocycles. The second kappa shape index (κ2) is 9.90. The molecule has 9 aromatic rings. The lowest BCUT2D eigenvalue weighted by atomic mass is 9.85. The number of benzene rings is 8. The predicted octanol–water partition coefficient (Wildman–Crippen LogP) is 11.8. The molecule has 1 nitrogen and oxygen atoms in total. The van der Waals surface area contributed by atoms with E-state index in [9.17, 15) is 0 Å². The highest BCUT2D eigenvalue weighted by molar-refractivity contribution is 6.23. The molecule has 0 aliphatic heterocycles. The topological polar surface area (TPSA) is 12.9 Å². The van der Waals surface area contributed by atoms with E-state index in [0.717, 1.165) is 0 Å². The Bertz CT molecular complexity index is 2500. The Morgan fingerprint density at radius 2 is 0.841 bits per heavy atom. The number of nitrogens with zero attached hydrogens (tertiary/aromatic N) is 1. The number of pyridine rings is 1. The molecule has 1 aromatic heterocycles. The van der Waals surface area contributed by atoms with Crippen molar-refractivity contribution in [1.29, 1.82) is 0 Å². The van der Waals surface area contributed by atoms with Gasteiger partial charge >= 0.3 is 0 Å². The zero-order chi connectivity index (χ0) is 29.0. The summed E-state index contributed by atoms with van der Waals surface area (Å²) in [5, 5.41) is 12.4. The molecule has 0 unspecified atom stereocenters. The van der Waals surface area contributed by atoms with Crippen LogP contribution in [0.2, 0.25) is 0 Å². The molecule has 0 aliphatic carbocycles. The fraction of sp³-hybridized carbons (Fsp3) is 0. The fourth-order valence-electron chi connectivity index (χ4n) is 7.02. The summed E-state index contributed by atoms with van der Waals surface area (Å²) >= 11 is 0. The van der Waals surface area contributed by atoms with Gasteiger partial charge in [-0.05, 0) is 106 Å². The molecule has 1 heterocycles. The lowest BCUT2D eigenvalue weighted by Crippen LogP contribution is -1.92. The van der Waals surface area contributed by atoms with E-state index >= 15 is 0 Å². The molecule has 0 amide bonds. The lowest BCUT2D eigenvalue weighted by Gasteiger charge is -2.18. The normalized spacial score (nSPS) is 11.6. The molecule has 1 heteroatoms. The van der Waals surface area contributed by atoms with E-state index in [1.165, 1.54) is 87.2 Å². The van der Waals surface area contributed by atoms with Crippen LogP contribution in [-0.2, 0) is 0 Å².